The average Bonchev–Trinajstić information content (AvgIpc) is 2.78. The monoisotopic (exact) mass is 449 g/mol. The second-order valence-corrected chi connectivity index (χ2v) is 8.19. The molecule has 1 heterocycles. The number of likely N-dealkylation sites (N-methyl/N-ethyl adjacent to an activating group) is 1. The van der Waals surface area contributed by atoms with E-state index in [1.807, 2.05) is 13.8 Å². The van der Waals surface area contributed by atoms with Gasteiger partial charge in [0.25, 0.3) is 5.91 Å². The van der Waals surface area contributed by atoms with Gasteiger partial charge in [-0.3, -0.25) is 14.4 Å². The number of carbonyl (C=O) groups is 3. The van der Waals surface area contributed by atoms with Gasteiger partial charge in [-0.2, -0.15) is 0 Å². The van der Waals surface area contributed by atoms with Crippen molar-refractivity contribution < 1.29 is 28.6 Å². The molecule has 0 aliphatic carbocycles. The molecule has 1 aliphatic heterocycles. The van der Waals surface area contributed by atoms with E-state index in [2.05, 4.69) is 5.32 Å². The van der Waals surface area contributed by atoms with Gasteiger partial charge in [-0.15, -0.1) is 0 Å². The summed E-state index contributed by atoms with van der Waals surface area (Å²) in [5.74, 6) is -0.157. The van der Waals surface area contributed by atoms with Crippen molar-refractivity contribution in [2.24, 2.45) is 5.92 Å². The lowest BCUT2D eigenvalue weighted by Gasteiger charge is -2.36. The summed E-state index contributed by atoms with van der Waals surface area (Å²) in [4.78, 5) is 41.0. The van der Waals surface area contributed by atoms with Crippen LogP contribution in [0.25, 0.3) is 0 Å². The lowest BCUT2D eigenvalue weighted by molar-refractivity contribution is -0.139. The van der Waals surface area contributed by atoms with E-state index in [0.29, 0.717) is 36.5 Å². The fourth-order valence-corrected chi connectivity index (χ4v) is 3.65. The fraction of sp³-hybridized carbons (Fsp3) is 0.609. The Balaban J connectivity index is 2.44. The van der Waals surface area contributed by atoms with Crippen LogP contribution in [0.4, 0.5) is 5.69 Å². The largest absolute Gasteiger partial charge is 0.491 e. The van der Waals surface area contributed by atoms with Crippen molar-refractivity contribution in [3.63, 3.8) is 0 Å². The lowest BCUT2D eigenvalue weighted by Crippen LogP contribution is -2.49. The molecule has 3 atom stereocenters. The number of rotatable bonds is 5. The van der Waals surface area contributed by atoms with Gasteiger partial charge < -0.3 is 29.3 Å². The number of ether oxygens (including phenoxy) is 3. The van der Waals surface area contributed by atoms with Crippen molar-refractivity contribution in [3.8, 4) is 5.75 Å². The van der Waals surface area contributed by atoms with Crippen molar-refractivity contribution in [3.05, 3.63) is 23.8 Å². The summed E-state index contributed by atoms with van der Waals surface area (Å²) in [6.45, 7) is 6.59. The fourth-order valence-electron chi connectivity index (χ4n) is 3.65. The van der Waals surface area contributed by atoms with Gasteiger partial charge in [-0.1, -0.05) is 13.8 Å². The Hall–Kier alpha value is -2.65. The number of anilines is 1. The Morgan fingerprint density at radius 2 is 1.94 bits per heavy atom. The zero-order valence-corrected chi connectivity index (χ0v) is 19.8. The molecule has 0 saturated heterocycles. The molecule has 0 spiro atoms. The zero-order valence-electron chi connectivity index (χ0n) is 19.8. The number of carbonyl (C=O) groups excluding carboxylic acids is 3. The first-order valence-electron chi connectivity index (χ1n) is 10.8. The Bertz CT molecular complexity index is 815. The SMILES string of the molecule is CCC(=O)Nc1ccc2c(c1)OC[C@H](C)N(C(=O)COC)C[C@H](C)[C@@H](OC)CN(C)C2=O. The molecule has 9 nitrogen and oxygen atoms in total. The molecule has 3 amide bonds. The molecular weight excluding hydrogens is 414 g/mol. The van der Waals surface area contributed by atoms with Gasteiger partial charge in [-0.05, 0) is 19.1 Å². The number of hydrogen-bond donors (Lipinski definition) is 1. The molecule has 1 aromatic carbocycles. The van der Waals surface area contributed by atoms with Crippen molar-refractivity contribution in [1.82, 2.24) is 9.80 Å². The van der Waals surface area contributed by atoms with Gasteiger partial charge in [-0.25, -0.2) is 0 Å². The molecule has 0 aromatic heterocycles. The maximum Gasteiger partial charge on any atom is 0.257 e. The van der Waals surface area contributed by atoms with E-state index in [4.69, 9.17) is 14.2 Å². The molecule has 0 radical (unpaired) electrons. The van der Waals surface area contributed by atoms with Crippen LogP contribution >= 0.6 is 0 Å². The van der Waals surface area contributed by atoms with Crippen molar-refractivity contribution in [2.75, 3.05) is 52.9 Å². The molecule has 1 N–H and O–H groups in total. The summed E-state index contributed by atoms with van der Waals surface area (Å²) in [7, 11) is 4.80. The first kappa shape index (κ1) is 25.6. The maximum absolute atomic E-state index is 13.2. The Kier molecular flexibility index (Phi) is 9.46. The third-order valence-electron chi connectivity index (χ3n) is 5.64. The quantitative estimate of drug-likeness (QED) is 0.739. The van der Waals surface area contributed by atoms with Crippen molar-refractivity contribution in [2.45, 2.75) is 39.3 Å². The highest BCUT2D eigenvalue weighted by Crippen LogP contribution is 2.27. The van der Waals surface area contributed by atoms with Gasteiger partial charge in [0.2, 0.25) is 11.8 Å². The van der Waals surface area contributed by atoms with E-state index in [-0.39, 0.29) is 49.0 Å². The number of methoxy groups -OCH3 is 2. The summed E-state index contributed by atoms with van der Waals surface area (Å²) in [6, 6.07) is 4.70. The highest BCUT2D eigenvalue weighted by atomic mass is 16.5. The third-order valence-corrected chi connectivity index (χ3v) is 5.64. The lowest BCUT2D eigenvalue weighted by atomic mass is 10.0. The first-order chi connectivity index (χ1) is 15.2. The van der Waals surface area contributed by atoms with Crippen LogP contribution in [0, 0.1) is 5.92 Å². The highest BCUT2D eigenvalue weighted by molar-refractivity contribution is 5.98. The number of nitrogens with one attached hydrogen (secondary N) is 1. The standard InChI is InChI=1S/C23H35N3O6/c1-7-21(27)24-17-8-9-18-19(10-17)32-13-16(3)26(22(28)14-30-5)11-15(2)20(31-6)12-25(4)23(18)29/h8-10,15-16,20H,7,11-14H2,1-6H3,(H,24,27)/t15-,16-,20-/m0/s1. The number of hydrogen-bond acceptors (Lipinski definition) is 6. The predicted octanol–water partition coefficient (Wildman–Crippen LogP) is 2.01. The van der Waals surface area contributed by atoms with Crippen LogP contribution in [-0.2, 0) is 19.1 Å². The molecule has 0 saturated carbocycles. The molecule has 1 aliphatic rings. The summed E-state index contributed by atoms with van der Waals surface area (Å²) in [5, 5.41) is 2.79. The Labute approximate surface area is 190 Å². The summed E-state index contributed by atoms with van der Waals surface area (Å²) >= 11 is 0. The number of amides is 3. The van der Waals surface area contributed by atoms with E-state index in [1.165, 1.54) is 7.11 Å². The van der Waals surface area contributed by atoms with Crippen LogP contribution in [0.5, 0.6) is 5.75 Å². The zero-order chi connectivity index (χ0) is 23.8. The van der Waals surface area contributed by atoms with Gasteiger partial charge in [0, 0.05) is 58.4 Å². The minimum atomic E-state index is -0.272. The molecule has 2 rings (SSSR count). The minimum Gasteiger partial charge on any atom is -0.491 e. The predicted molar refractivity (Wildman–Crippen MR) is 121 cm³/mol. The number of fused-ring (bicyclic) bond motifs is 1. The first-order valence-corrected chi connectivity index (χ1v) is 10.8. The van der Waals surface area contributed by atoms with E-state index < -0.39 is 0 Å². The smallest absolute Gasteiger partial charge is 0.257 e. The Morgan fingerprint density at radius 3 is 2.56 bits per heavy atom. The summed E-state index contributed by atoms with van der Waals surface area (Å²) in [5.41, 5.74) is 0.925. The van der Waals surface area contributed by atoms with Gasteiger partial charge >= 0.3 is 0 Å². The minimum absolute atomic E-state index is 0.0240. The molecule has 1 aromatic rings. The van der Waals surface area contributed by atoms with Crippen molar-refractivity contribution in [1.29, 1.82) is 0 Å². The second kappa shape index (κ2) is 11.8. The van der Waals surface area contributed by atoms with E-state index in [1.54, 1.807) is 49.1 Å². The second-order valence-electron chi connectivity index (χ2n) is 8.19. The number of benzene rings is 1. The number of nitrogens with zero attached hydrogens (tertiary/aromatic N) is 2. The molecular formula is C23H35N3O6. The van der Waals surface area contributed by atoms with Crippen molar-refractivity contribution >= 4 is 23.4 Å². The molecule has 178 valence electrons. The highest BCUT2D eigenvalue weighted by Gasteiger charge is 2.30. The van der Waals surface area contributed by atoms with E-state index in [9.17, 15) is 14.4 Å². The van der Waals surface area contributed by atoms with Crippen LogP contribution in [0.1, 0.15) is 37.6 Å². The molecule has 32 heavy (non-hydrogen) atoms. The normalized spacial score (nSPS) is 22.3. The van der Waals surface area contributed by atoms with Crippen LogP contribution in [0.15, 0.2) is 18.2 Å². The van der Waals surface area contributed by atoms with Crippen LogP contribution in [0.2, 0.25) is 0 Å². The maximum atomic E-state index is 13.2. The van der Waals surface area contributed by atoms with Gasteiger partial charge in [0.15, 0.2) is 0 Å². The Morgan fingerprint density at radius 1 is 1.22 bits per heavy atom. The molecule has 0 unspecified atom stereocenters. The van der Waals surface area contributed by atoms with E-state index >= 15 is 0 Å². The van der Waals surface area contributed by atoms with Crippen LogP contribution in [-0.4, -0.2) is 87.2 Å². The average molecular weight is 450 g/mol. The van der Waals surface area contributed by atoms with Gasteiger partial charge in [0.05, 0.1) is 17.7 Å². The molecule has 0 bridgehead atoms. The molecule has 0 fully saturated rings. The summed E-state index contributed by atoms with van der Waals surface area (Å²) < 4.78 is 16.8. The summed E-state index contributed by atoms with van der Waals surface area (Å²) in [6.07, 6.45) is 0.0741. The third kappa shape index (κ3) is 6.43. The van der Waals surface area contributed by atoms with Gasteiger partial charge in [0.1, 0.15) is 19.0 Å². The van der Waals surface area contributed by atoms with E-state index in [0.717, 1.165) is 0 Å². The molecule has 9 heteroatoms. The van der Waals surface area contributed by atoms with Crippen LogP contribution in [0.3, 0.4) is 0 Å². The van der Waals surface area contributed by atoms with Crippen LogP contribution < -0.4 is 10.1 Å². The topological polar surface area (TPSA) is 97.4 Å².